The average molecular weight is 258 g/mol. The Balaban J connectivity index is 2.60. The van der Waals surface area contributed by atoms with Crippen LogP contribution < -0.4 is 5.32 Å². The Morgan fingerprint density at radius 3 is 2.37 bits per heavy atom. The molecule has 0 heterocycles. The van der Waals surface area contributed by atoms with Crippen LogP contribution >= 0.6 is 0 Å². The zero-order chi connectivity index (χ0) is 14.3. The number of aryl methyl sites for hydroxylation is 2. The van der Waals surface area contributed by atoms with Gasteiger partial charge in [-0.15, -0.1) is 13.2 Å². The molecule has 0 spiro atoms. The van der Waals surface area contributed by atoms with Gasteiger partial charge in [-0.3, -0.25) is 9.69 Å². The summed E-state index contributed by atoms with van der Waals surface area (Å²) in [5.41, 5.74) is 3.23. The standard InChI is InChI=1S/C16H22N2O/c1-5-9-18(10-6-2)12-16(19)17-15-8-7-13(3)14(4)11-15/h5-8,11H,1-2,9-10,12H2,3-4H3,(H,17,19). The van der Waals surface area contributed by atoms with E-state index in [0.29, 0.717) is 19.6 Å². The third-order valence-corrected chi connectivity index (χ3v) is 2.93. The van der Waals surface area contributed by atoms with Crippen LogP contribution in [0.25, 0.3) is 0 Å². The fraction of sp³-hybridized carbons (Fsp3) is 0.312. The van der Waals surface area contributed by atoms with Crippen molar-refractivity contribution in [3.05, 3.63) is 54.6 Å². The second kappa shape index (κ2) is 7.54. The van der Waals surface area contributed by atoms with Crippen LogP contribution in [-0.4, -0.2) is 30.4 Å². The Hall–Kier alpha value is -1.87. The van der Waals surface area contributed by atoms with Gasteiger partial charge in [0.2, 0.25) is 5.91 Å². The number of carbonyl (C=O) groups is 1. The lowest BCUT2D eigenvalue weighted by atomic mass is 10.1. The minimum atomic E-state index is -0.0213. The second-order valence-electron chi connectivity index (χ2n) is 4.62. The Bertz CT molecular complexity index is 456. The van der Waals surface area contributed by atoms with Crippen molar-refractivity contribution in [1.82, 2.24) is 4.90 Å². The van der Waals surface area contributed by atoms with E-state index in [2.05, 4.69) is 25.4 Å². The van der Waals surface area contributed by atoms with E-state index in [1.807, 2.05) is 30.0 Å². The van der Waals surface area contributed by atoms with Crippen molar-refractivity contribution < 1.29 is 4.79 Å². The average Bonchev–Trinajstić information content (AvgIpc) is 2.34. The Morgan fingerprint density at radius 2 is 1.84 bits per heavy atom. The van der Waals surface area contributed by atoms with E-state index >= 15 is 0 Å². The molecule has 1 rings (SSSR count). The first kappa shape index (κ1) is 15.2. The van der Waals surface area contributed by atoms with Crippen molar-refractivity contribution in [2.24, 2.45) is 0 Å². The third kappa shape index (κ3) is 5.10. The lowest BCUT2D eigenvalue weighted by molar-refractivity contribution is -0.117. The summed E-state index contributed by atoms with van der Waals surface area (Å²) in [6, 6.07) is 5.92. The van der Waals surface area contributed by atoms with Crippen LogP contribution in [0, 0.1) is 13.8 Å². The SMILES string of the molecule is C=CCN(CC=C)CC(=O)Nc1ccc(C)c(C)c1. The summed E-state index contributed by atoms with van der Waals surface area (Å²) in [4.78, 5) is 13.9. The molecule has 3 nitrogen and oxygen atoms in total. The van der Waals surface area contributed by atoms with Gasteiger partial charge >= 0.3 is 0 Å². The molecule has 1 aromatic rings. The second-order valence-corrected chi connectivity index (χ2v) is 4.62. The molecule has 0 radical (unpaired) electrons. The van der Waals surface area contributed by atoms with E-state index in [9.17, 15) is 4.79 Å². The van der Waals surface area contributed by atoms with Crippen molar-refractivity contribution in [3.63, 3.8) is 0 Å². The molecule has 0 saturated heterocycles. The van der Waals surface area contributed by atoms with E-state index in [1.54, 1.807) is 12.2 Å². The highest BCUT2D eigenvalue weighted by atomic mass is 16.2. The normalized spacial score (nSPS) is 10.3. The minimum Gasteiger partial charge on any atom is -0.325 e. The predicted octanol–water partition coefficient (Wildman–Crippen LogP) is 2.92. The number of nitrogens with zero attached hydrogens (tertiary/aromatic N) is 1. The first-order valence-corrected chi connectivity index (χ1v) is 6.38. The molecule has 0 atom stereocenters. The summed E-state index contributed by atoms with van der Waals surface area (Å²) in [6.45, 7) is 13.1. The van der Waals surface area contributed by atoms with Gasteiger partial charge in [0.1, 0.15) is 0 Å². The van der Waals surface area contributed by atoms with Gasteiger partial charge in [0.25, 0.3) is 0 Å². The summed E-state index contributed by atoms with van der Waals surface area (Å²) in [6.07, 6.45) is 3.57. The van der Waals surface area contributed by atoms with E-state index in [1.165, 1.54) is 11.1 Å². The number of hydrogen-bond donors (Lipinski definition) is 1. The van der Waals surface area contributed by atoms with Crippen LogP contribution in [0.2, 0.25) is 0 Å². The topological polar surface area (TPSA) is 32.3 Å². The van der Waals surface area contributed by atoms with Gasteiger partial charge in [0.05, 0.1) is 6.54 Å². The van der Waals surface area contributed by atoms with E-state index in [0.717, 1.165) is 5.69 Å². The Labute approximate surface area is 115 Å². The molecule has 1 aromatic carbocycles. The highest BCUT2D eigenvalue weighted by Gasteiger charge is 2.08. The lowest BCUT2D eigenvalue weighted by Crippen LogP contribution is -2.33. The van der Waals surface area contributed by atoms with E-state index in [-0.39, 0.29) is 5.91 Å². The van der Waals surface area contributed by atoms with Crippen molar-refractivity contribution in [3.8, 4) is 0 Å². The molecule has 1 amide bonds. The smallest absolute Gasteiger partial charge is 0.238 e. The van der Waals surface area contributed by atoms with Crippen LogP contribution in [0.3, 0.4) is 0 Å². The molecule has 1 N–H and O–H groups in total. The summed E-state index contributed by atoms with van der Waals surface area (Å²) in [7, 11) is 0. The number of rotatable bonds is 7. The minimum absolute atomic E-state index is 0.0213. The number of carbonyl (C=O) groups excluding carboxylic acids is 1. The number of amides is 1. The van der Waals surface area contributed by atoms with Gasteiger partial charge in [-0.25, -0.2) is 0 Å². The highest BCUT2D eigenvalue weighted by Crippen LogP contribution is 2.14. The molecule has 0 aliphatic heterocycles. The molecule has 0 aromatic heterocycles. The van der Waals surface area contributed by atoms with Crippen molar-refractivity contribution in [2.75, 3.05) is 25.0 Å². The number of anilines is 1. The van der Waals surface area contributed by atoms with Gasteiger partial charge in [0.15, 0.2) is 0 Å². The summed E-state index contributed by atoms with van der Waals surface area (Å²) < 4.78 is 0. The zero-order valence-corrected chi connectivity index (χ0v) is 11.8. The molecular formula is C16H22N2O. The fourth-order valence-corrected chi connectivity index (χ4v) is 1.79. The monoisotopic (exact) mass is 258 g/mol. The quantitative estimate of drug-likeness (QED) is 0.763. The highest BCUT2D eigenvalue weighted by molar-refractivity contribution is 5.92. The molecule has 102 valence electrons. The summed E-state index contributed by atoms with van der Waals surface area (Å²) in [5.74, 6) is -0.0213. The van der Waals surface area contributed by atoms with Gasteiger partial charge in [-0.2, -0.15) is 0 Å². The molecule has 19 heavy (non-hydrogen) atoms. The summed E-state index contributed by atoms with van der Waals surface area (Å²) >= 11 is 0. The molecule has 0 aliphatic rings. The van der Waals surface area contributed by atoms with E-state index in [4.69, 9.17) is 0 Å². The molecule has 0 bridgehead atoms. The van der Waals surface area contributed by atoms with Crippen LogP contribution in [0.4, 0.5) is 5.69 Å². The molecule has 0 saturated carbocycles. The lowest BCUT2D eigenvalue weighted by Gasteiger charge is -2.18. The van der Waals surface area contributed by atoms with E-state index < -0.39 is 0 Å². The maximum atomic E-state index is 11.9. The molecule has 3 heteroatoms. The van der Waals surface area contributed by atoms with Gasteiger partial charge in [0, 0.05) is 18.8 Å². The maximum absolute atomic E-state index is 11.9. The predicted molar refractivity (Wildman–Crippen MR) is 81.4 cm³/mol. The number of benzene rings is 1. The van der Waals surface area contributed by atoms with Crippen LogP contribution in [0.15, 0.2) is 43.5 Å². The van der Waals surface area contributed by atoms with Crippen LogP contribution in [0.5, 0.6) is 0 Å². The van der Waals surface area contributed by atoms with Crippen molar-refractivity contribution in [2.45, 2.75) is 13.8 Å². The molecular weight excluding hydrogens is 236 g/mol. The molecule has 0 fully saturated rings. The molecule has 0 aliphatic carbocycles. The summed E-state index contributed by atoms with van der Waals surface area (Å²) in [5, 5.41) is 2.91. The largest absolute Gasteiger partial charge is 0.325 e. The van der Waals surface area contributed by atoms with Crippen molar-refractivity contribution in [1.29, 1.82) is 0 Å². The molecule has 0 unspecified atom stereocenters. The van der Waals surface area contributed by atoms with Crippen LogP contribution in [-0.2, 0) is 4.79 Å². The van der Waals surface area contributed by atoms with Gasteiger partial charge in [-0.05, 0) is 37.1 Å². The van der Waals surface area contributed by atoms with Gasteiger partial charge in [-0.1, -0.05) is 18.2 Å². The Kier molecular flexibility index (Phi) is 6.03. The zero-order valence-electron chi connectivity index (χ0n) is 11.8. The number of hydrogen-bond acceptors (Lipinski definition) is 2. The number of nitrogens with one attached hydrogen (secondary N) is 1. The first-order valence-electron chi connectivity index (χ1n) is 6.38. The van der Waals surface area contributed by atoms with Crippen molar-refractivity contribution >= 4 is 11.6 Å². The van der Waals surface area contributed by atoms with Gasteiger partial charge < -0.3 is 5.32 Å². The van der Waals surface area contributed by atoms with Crippen LogP contribution in [0.1, 0.15) is 11.1 Å². The fourth-order valence-electron chi connectivity index (χ4n) is 1.79. The maximum Gasteiger partial charge on any atom is 0.238 e. The first-order chi connectivity index (χ1) is 9.06. The third-order valence-electron chi connectivity index (χ3n) is 2.93. The Morgan fingerprint density at radius 1 is 1.21 bits per heavy atom.